The predicted molar refractivity (Wildman–Crippen MR) is 89.4 cm³/mol. The van der Waals surface area contributed by atoms with E-state index in [0.29, 0.717) is 0 Å². The Labute approximate surface area is 145 Å². The molecule has 1 heteroatoms. The molecule has 0 nitrogen and oxygen atoms in total. The smallest absolute Gasteiger partial charge is 0.343 e. The topological polar surface area (TPSA) is 0 Å². The van der Waals surface area contributed by atoms with E-state index in [4.69, 9.17) is 0 Å². The number of benzene rings is 1. The van der Waals surface area contributed by atoms with Crippen LogP contribution in [0.3, 0.4) is 0 Å². The van der Waals surface area contributed by atoms with Crippen LogP contribution in [-0.2, 0) is 32.6 Å². The first-order valence-electron chi connectivity index (χ1n) is 7.46. The van der Waals surface area contributed by atoms with Crippen LogP contribution in [0, 0.1) is 13.8 Å². The second-order valence-electron chi connectivity index (χ2n) is 4.55. The zero-order valence-corrected chi connectivity index (χ0v) is 15.9. The summed E-state index contributed by atoms with van der Waals surface area (Å²) in [5.41, 5.74) is 1.44. The number of hydrogen-bond acceptors (Lipinski definition) is 0. The molecule has 0 bridgehead atoms. The molecule has 0 heterocycles. The van der Waals surface area contributed by atoms with Gasteiger partial charge in [-0.1, -0.05) is 39.7 Å². The van der Waals surface area contributed by atoms with Gasteiger partial charge in [0.05, 0.1) is 0 Å². The zero-order chi connectivity index (χ0) is 14.5. The summed E-state index contributed by atoms with van der Waals surface area (Å²) in [6.45, 7) is 13.6. The molecule has 0 atom stereocenters. The molecule has 0 aliphatic heterocycles. The summed E-state index contributed by atoms with van der Waals surface area (Å²) in [5, 5.41) is 2.73. The third kappa shape index (κ3) is 9.59. The summed E-state index contributed by atoms with van der Waals surface area (Å²) >= 11 is 0. The van der Waals surface area contributed by atoms with Gasteiger partial charge in [-0.15, -0.1) is 40.6 Å². The Kier molecular flexibility index (Phi) is 16.6. The van der Waals surface area contributed by atoms with Crippen molar-refractivity contribution < 1.29 is 26.2 Å². The monoisotopic (exact) mass is 347 g/mol. The van der Waals surface area contributed by atoms with E-state index in [1.807, 2.05) is 0 Å². The van der Waals surface area contributed by atoms with Crippen molar-refractivity contribution in [1.82, 2.24) is 0 Å². The van der Waals surface area contributed by atoms with Crippen molar-refractivity contribution >= 4 is 10.8 Å². The molecule has 0 saturated heterocycles. The normalized spacial score (nSPS) is 8.85. The summed E-state index contributed by atoms with van der Waals surface area (Å²) in [4.78, 5) is 0. The van der Waals surface area contributed by atoms with Crippen LogP contribution in [0.4, 0.5) is 0 Å². The Hall–Kier alpha value is -0.287. The Morgan fingerprint density at radius 2 is 1.45 bits per heavy atom. The van der Waals surface area contributed by atoms with Crippen molar-refractivity contribution in [1.29, 1.82) is 0 Å². The number of hydrogen-bond donors (Lipinski definition) is 0. The first-order valence-corrected chi connectivity index (χ1v) is 7.46. The molecular weight excluding hydrogens is 319 g/mol. The fourth-order valence-corrected chi connectivity index (χ4v) is 1.42. The molecule has 0 amide bonds. The van der Waals surface area contributed by atoms with Crippen molar-refractivity contribution in [2.45, 2.75) is 52.9 Å². The van der Waals surface area contributed by atoms with E-state index in [1.54, 1.807) is 0 Å². The van der Waals surface area contributed by atoms with Gasteiger partial charge in [-0.25, -0.2) is 0 Å². The maximum atomic E-state index is 3.60. The van der Waals surface area contributed by atoms with E-state index in [1.165, 1.54) is 29.2 Å². The second kappa shape index (κ2) is 15.1. The summed E-state index contributed by atoms with van der Waals surface area (Å²) in [7, 11) is 0. The third-order valence-electron chi connectivity index (χ3n) is 2.79. The zero-order valence-electron chi connectivity index (χ0n) is 13.4. The van der Waals surface area contributed by atoms with Crippen molar-refractivity contribution in [3.8, 4) is 0 Å². The van der Waals surface area contributed by atoms with Gasteiger partial charge in [0.15, 0.2) is 0 Å². The average Bonchev–Trinajstić information content (AvgIpc) is 2.90. The van der Waals surface area contributed by atoms with E-state index >= 15 is 0 Å². The summed E-state index contributed by atoms with van der Waals surface area (Å²) < 4.78 is 0. The summed E-state index contributed by atoms with van der Waals surface area (Å²) in [5.74, 6) is 0. The molecule has 0 unspecified atom stereocenters. The van der Waals surface area contributed by atoms with Crippen LogP contribution < -0.4 is 0 Å². The standard InChI is InChI=1S/C11H11.2C4H9.Zr/c1-2-9-7-10-5-3-4-6-11(10)8-9;2*1-3-4-2;/h3-8H,2H2,1H3;2*1,3-4H2,2H3;/q3*-1;+3. The molecule has 0 aliphatic rings. The Bertz CT molecular complexity index is 373. The van der Waals surface area contributed by atoms with Gasteiger partial charge in [0.1, 0.15) is 0 Å². The summed E-state index contributed by atoms with van der Waals surface area (Å²) in [6.07, 6.45) is 5.69. The van der Waals surface area contributed by atoms with Gasteiger partial charge in [-0.3, -0.25) is 0 Å². The fourth-order valence-electron chi connectivity index (χ4n) is 1.42. The van der Waals surface area contributed by atoms with E-state index in [0.717, 1.165) is 19.3 Å². The molecule has 0 spiro atoms. The van der Waals surface area contributed by atoms with Crippen LogP contribution >= 0.6 is 0 Å². The largest absolute Gasteiger partial charge is 3.00 e. The van der Waals surface area contributed by atoms with Crippen LogP contribution in [0.1, 0.15) is 52.0 Å². The number of fused-ring (bicyclic) bond motifs is 1. The molecule has 0 saturated carbocycles. The Morgan fingerprint density at radius 1 is 0.950 bits per heavy atom. The second-order valence-corrected chi connectivity index (χ2v) is 4.55. The molecule has 2 aromatic carbocycles. The minimum Gasteiger partial charge on any atom is -0.343 e. The first-order chi connectivity index (χ1) is 9.23. The molecule has 20 heavy (non-hydrogen) atoms. The molecule has 2 rings (SSSR count). The minimum atomic E-state index is 0. The molecule has 0 aliphatic carbocycles. The van der Waals surface area contributed by atoms with Gasteiger partial charge < -0.3 is 13.8 Å². The van der Waals surface area contributed by atoms with Crippen LogP contribution in [0.2, 0.25) is 0 Å². The number of unbranched alkanes of at least 4 members (excludes halogenated alkanes) is 2. The maximum Gasteiger partial charge on any atom is 3.00 e. The number of aryl methyl sites for hydroxylation is 1. The van der Waals surface area contributed by atoms with Gasteiger partial charge in [-0.05, 0) is 6.42 Å². The van der Waals surface area contributed by atoms with Gasteiger partial charge in [0, 0.05) is 0 Å². The van der Waals surface area contributed by atoms with Gasteiger partial charge >= 0.3 is 26.2 Å². The van der Waals surface area contributed by atoms with Crippen molar-refractivity contribution in [3.05, 3.63) is 55.8 Å². The van der Waals surface area contributed by atoms with Crippen LogP contribution in [0.5, 0.6) is 0 Å². The minimum absolute atomic E-state index is 0. The average molecular weight is 349 g/mol. The van der Waals surface area contributed by atoms with E-state index in [9.17, 15) is 0 Å². The van der Waals surface area contributed by atoms with Gasteiger partial charge in [-0.2, -0.15) is 18.9 Å². The SMILES string of the molecule is CCc1cc2ccccc2[cH-]1.[CH2-]CCC.[CH2-]CCC.[Zr+3]. The number of rotatable bonds is 3. The Balaban J connectivity index is 0. The molecule has 2 aromatic rings. The van der Waals surface area contributed by atoms with E-state index in [2.05, 4.69) is 71.0 Å². The van der Waals surface area contributed by atoms with Crippen molar-refractivity contribution in [2.75, 3.05) is 0 Å². The van der Waals surface area contributed by atoms with Crippen LogP contribution in [0.15, 0.2) is 36.4 Å². The van der Waals surface area contributed by atoms with E-state index in [-0.39, 0.29) is 26.2 Å². The fraction of sp³-hybridized carbons (Fsp3) is 0.421. The van der Waals surface area contributed by atoms with E-state index < -0.39 is 0 Å². The van der Waals surface area contributed by atoms with Crippen molar-refractivity contribution in [3.63, 3.8) is 0 Å². The quantitative estimate of drug-likeness (QED) is 0.566. The van der Waals surface area contributed by atoms with Crippen molar-refractivity contribution in [2.24, 2.45) is 0 Å². The molecule has 1 radical (unpaired) electrons. The van der Waals surface area contributed by atoms with Crippen LogP contribution in [-0.4, -0.2) is 0 Å². The van der Waals surface area contributed by atoms with Gasteiger partial charge in [0.25, 0.3) is 0 Å². The molecule has 0 fully saturated rings. The summed E-state index contributed by atoms with van der Waals surface area (Å²) in [6, 6.07) is 13.0. The maximum absolute atomic E-state index is 3.60. The molecular formula is C19H29Zr. The molecule has 0 N–H and O–H groups in total. The van der Waals surface area contributed by atoms with Crippen LogP contribution in [0.25, 0.3) is 10.8 Å². The third-order valence-corrected chi connectivity index (χ3v) is 2.79. The molecule has 109 valence electrons. The Morgan fingerprint density at radius 3 is 1.85 bits per heavy atom. The van der Waals surface area contributed by atoms with Gasteiger partial charge in [0.2, 0.25) is 0 Å². The first kappa shape index (κ1) is 22.0. The molecule has 0 aromatic heterocycles. The predicted octanol–water partition coefficient (Wildman–Crippen LogP) is 6.36.